The van der Waals surface area contributed by atoms with Gasteiger partial charge in [0.25, 0.3) is 0 Å². The molecular formula is C23H24N2O. The van der Waals surface area contributed by atoms with Crippen molar-refractivity contribution in [2.45, 2.75) is 19.9 Å². The van der Waals surface area contributed by atoms with E-state index in [0.29, 0.717) is 0 Å². The van der Waals surface area contributed by atoms with Gasteiger partial charge in [-0.1, -0.05) is 78.4 Å². The third-order valence-electron chi connectivity index (χ3n) is 4.43. The predicted octanol–water partition coefficient (Wildman–Crippen LogP) is 4.62. The molecule has 1 atom stereocenters. The SMILES string of the molecule is Cc1ccc([C@@H](NCC(=O)Nc2ccccc2C)c2ccccc2)cc1. The molecule has 2 N–H and O–H groups in total. The van der Waals surface area contributed by atoms with Crippen molar-refractivity contribution in [1.82, 2.24) is 5.32 Å². The number of carbonyl (C=O) groups excluding carboxylic acids is 1. The van der Waals surface area contributed by atoms with Crippen LogP contribution in [-0.2, 0) is 4.79 Å². The highest BCUT2D eigenvalue weighted by Gasteiger charge is 2.15. The molecule has 3 rings (SSSR count). The molecule has 3 nitrogen and oxygen atoms in total. The number of benzene rings is 3. The maximum Gasteiger partial charge on any atom is 0.238 e. The average molecular weight is 344 g/mol. The second-order valence-electron chi connectivity index (χ2n) is 6.50. The van der Waals surface area contributed by atoms with Gasteiger partial charge in [-0.3, -0.25) is 10.1 Å². The summed E-state index contributed by atoms with van der Waals surface area (Å²) in [6.45, 7) is 4.30. The highest BCUT2D eigenvalue weighted by molar-refractivity contribution is 5.93. The van der Waals surface area contributed by atoms with Crippen molar-refractivity contribution in [2.24, 2.45) is 0 Å². The Balaban J connectivity index is 1.73. The van der Waals surface area contributed by atoms with Crippen LogP contribution in [0.2, 0.25) is 0 Å². The lowest BCUT2D eigenvalue weighted by Crippen LogP contribution is -2.32. The lowest BCUT2D eigenvalue weighted by molar-refractivity contribution is -0.115. The van der Waals surface area contributed by atoms with Gasteiger partial charge in [0.15, 0.2) is 0 Å². The van der Waals surface area contributed by atoms with Gasteiger partial charge in [-0.2, -0.15) is 0 Å². The smallest absolute Gasteiger partial charge is 0.238 e. The second-order valence-corrected chi connectivity index (χ2v) is 6.50. The van der Waals surface area contributed by atoms with E-state index >= 15 is 0 Å². The highest BCUT2D eigenvalue weighted by Crippen LogP contribution is 2.22. The van der Waals surface area contributed by atoms with E-state index in [0.717, 1.165) is 22.4 Å². The number of carbonyl (C=O) groups is 1. The normalized spacial score (nSPS) is 11.8. The van der Waals surface area contributed by atoms with E-state index in [1.165, 1.54) is 5.56 Å². The minimum Gasteiger partial charge on any atom is -0.325 e. The first kappa shape index (κ1) is 17.9. The maximum absolute atomic E-state index is 12.4. The first-order valence-electron chi connectivity index (χ1n) is 8.84. The molecule has 3 aromatic carbocycles. The quantitative estimate of drug-likeness (QED) is 0.685. The molecule has 0 saturated carbocycles. The standard InChI is InChI=1S/C23H24N2O/c1-17-12-14-20(15-13-17)23(19-9-4-3-5-10-19)24-16-22(26)25-21-11-7-6-8-18(21)2/h3-15,23-24H,16H2,1-2H3,(H,25,26)/t23-/m0/s1. The first-order chi connectivity index (χ1) is 12.6. The van der Waals surface area contributed by atoms with Crippen LogP contribution in [0.25, 0.3) is 0 Å². The molecule has 3 heteroatoms. The maximum atomic E-state index is 12.4. The third kappa shape index (κ3) is 4.58. The van der Waals surface area contributed by atoms with E-state index in [1.54, 1.807) is 0 Å². The average Bonchev–Trinajstić information content (AvgIpc) is 2.66. The molecule has 3 aromatic rings. The van der Waals surface area contributed by atoms with Gasteiger partial charge in [0.05, 0.1) is 12.6 Å². The molecule has 0 aliphatic carbocycles. The molecule has 0 aliphatic rings. The fourth-order valence-corrected chi connectivity index (χ4v) is 2.93. The van der Waals surface area contributed by atoms with Crippen LogP contribution < -0.4 is 10.6 Å². The van der Waals surface area contributed by atoms with Crippen molar-refractivity contribution < 1.29 is 4.79 Å². The lowest BCUT2D eigenvalue weighted by atomic mass is 9.98. The van der Waals surface area contributed by atoms with Crippen LogP contribution in [0.5, 0.6) is 0 Å². The molecule has 0 saturated heterocycles. The van der Waals surface area contributed by atoms with Crippen molar-refractivity contribution in [3.05, 3.63) is 101 Å². The summed E-state index contributed by atoms with van der Waals surface area (Å²) in [5.74, 6) is -0.0488. The summed E-state index contributed by atoms with van der Waals surface area (Å²) in [6.07, 6.45) is 0. The number of hydrogen-bond donors (Lipinski definition) is 2. The largest absolute Gasteiger partial charge is 0.325 e. The van der Waals surface area contributed by atoms with Crippen LogP contribution in [-0.4, -0.2) is 12.5 Å². The fraction of sp³-hybridized carbons (Fsp3) is 0.174. The molecule has 0 heterocycles. The number of nitrogens with one attached hydrogen (secondary N) is 2. The van der Waals surface area contributed by atoms with Crippen molar-refractivity contribution in [3.63, 3.8) is 0 Å². The van der Waals surface area contributed by atoms with E-state index in [1.807, 2.05) is 49.4 Å². The van der Waals surface area contributed by atoms with Crippen molar-refractivity contribution in [2.75, 3.05) is 11.9 Å². The monoisotopic (exact) mass is 344 g/mol. The van der Waals surface area contributed by atoms with Gasteiger partial charge in [0, 0.05) is 5.69 Å². The van der Waals surface area contributed by atoms with Crippen LogP contribution in [0.1, 0.15) is 28.3 Å². The molecule has 26 heavy (non-hydrogen) atoms. The first-order valence-corrected chi connectivity index (χ1v) is 8.84. The van der Waals surface area contributed by atoms with Crippen molar-refractivity contribution in [3.8, 4) is 0 Å². The van der Waals surface area contributed by atoms with Gasteiger partial charge in [0.2, 0.25) is 5.91 Å². The minimum atomic E-state index is -0.0488. The molecule has 0 aromatic heterocycles. The summed E-state index contributed by atoms with van der Waals surface area (Å²) in [7, 11) is 0. The molecule has 0 bridgehead atoms. The zero-order chi connectivity index (χ0) is 18.4. The topological polar surface area (TPSA) is 41.1 Å². The molecule has 0 aliphatic heterocycles. The summed E-state index contributed by atoms with van der Waals surface area (Å²) in [6, 6.07) is 26.4. The molecule has 0 radical (unpaired) electrons. The lowest BCUT2D eigenvalue weighted by Gasteiger charge is -2.20. The molecule has 0 fully saturated rings. The molecule has 1 amide bonds. The number of anilines is 1. The Kier molecular flexibility index (Phi) is 5.82. The van der Waals surface area contributed by atoms with E-state index in [4.69, 9.17) is 0 Å². The second kappa shape index (κ2) is 8.45. The Hall–Kier alpha value is -2.91. The number of para-hydroxylation sites is 1. The Labute approximate surface area is 155 Å². The Morgan fingerprint density at radius 1 is 0.808 bits per heavy atom. The van der Waals surface area contributed by atoms with Gasteiger partial charge in [0.1, 0.15) is 0 Å². The molecular weight excluding hydrogens is 320 g/mol. The minimum absolute atomic E-state index is 0.0283. The molecule has 132 valence electrons. The fourth-order valence-electron chi connectivity index (χ4n) is 2.93. The summed E-state index contributed by atoms with van der Waals surface area (Å²) in [4.78, 5) is 12.4. The van der Waals surface area contributed by atoms with Crippen LogP contribution in [0.3, 0.4) is 0 Å². The number of amides is 1. The van der Waals surface area contributed by atoms with E-state index in [9.17, 15) is 4.79 Å². The van der Waals surface area contributed by atoms with Crippen LogP contribution in [0.4, 0.5) is 5.69 Å². The summed E-state index contributed by atoms with van der Waals surface area (Å²) >= 11 is 0. The van der Waals surface area contributed by atoms with E-state index in [2.05, 4.69) is 54.0 Å². The van der Waals surface area contributed by atoms with Gasteiger partial charge in [-0.05, 0) is 36.6 Å². The summed E-state index contributed by atoms with van der Waals surface area (Å²) < 4.78 is 0. The number of aryl methyl sites for hydroxylation is 2. The van der Waals surface area contributed by atoms with Crippen LogP contribution in [0, 0.1) is 13.8 Å². The van der Waals surface area contributed by atoms with E-state index < -0.39 is 0 Å². The van der Waals surface area contributed by atoms with Gasteiger partial charge in [-0.15, -0.1) is 0 Å². The number of rotatable bonds is 6. The van der Waals surface area contributed by atoms with Crippen molar-refractivity contribution >= 4 is 11.6 Å². The predicted molar refractivity (Wildman–Crippen MR) is 107 cm³/mol. The van der Waals surface area contributed by atoms with Gasteiger partial charge >= 0.3 is 0 Å². The van der Waals surface area contributed by atoms with Crippen LogP contribution >= 0.6 is 0 Å². The molecule has 0 unspecified atom stereocenters. The zero-order valence-electron chi connectivity index (χ0n) is 15.2. The number of hydrogen-bond acceptors (Lipinski definition) is 2. The third-order valence-corrected chi connectivity index (χ3v) is 4.43. The highest BCUT2D eigenvalue weighted by atomic mass is 16.1. The Morgan fingerprint density at radius 3 is 2.12 bits per heavy atom. The summed E-state index contributed by atoms with van der Waals surface area (Å²) in [5.41, 5.74) is 5.41. The Bertz CT molecular complexity index is 857. The van der Waals surface area contributed by atoms with Gasteiger partial charge < -0.3 is 5.32 Å². The zero-order valence-corrected chi connectivity index (χ0v) is 15.2. The van der Waals surface area contributed by atoms with E-state index in [-0.39, 0.29) is 18.5 Å². The van der Waals surface area contributed by atoms with Gasteiger partial charge in [-0.25, -0.2) is 0 Å². The van der Waals surface area contributed by atoms with Crippen molar-refractivity contribution in [1.29, 1.82) is 0 Å². The van der Waals surface area contributed by atoms with Crippen LogP contribution in [0.15, 0.2) is 78.9 Å². The molecule has 0 spiro atoms. The Morgan fingerprint density at radius 2 is 1.42 bits per heavy atom. The summed E-state index contributed by atoms with van der Waals surface area (Å²) in [5, 5.41) is 6.38.